The molecule has 0 radical (unpaired) electrons. The van der Waals surface area contributed by atoms with Gasteiger partial charge in [0.15, 0.2) is 0 Å². The van der Waals surface area contributed by atoms with E-state index in [-0.39, 0.29) is 11.1 Å². The van der Waals surface area contributed by atoms with Gasteiger partial charge in [-0.1, -0.05) is 24.8 Å². The fourth-order valence-corrected chi connectivity index (χ4v) is 0.821. The van der Waals surface area contributed by atoms with Crippen LogP contribution in [0.25, 0.3) is 5.57 Å². The van der Waals surface area contributed by atoms with Crippen molar-refractivity contribution in [1.29, 1.82) is 0 Å². The molecule has 62 valence electrons. The highest BCUT2D eigenvalue weighted by Crippen LogP contribution is 2.15. The Labute approximate surface area is 69.0 Å². The van der Waals surface area contributed by atoms with E-state index in [9.17, 15) is 9.18 Å². The summed E-state index contributed by atoms with van der Waals surface area (Å²) in [6, 6.07) is 5.63. The predicted molar refractivity (Wildman–Crippen MR) is 43.1 cm³/mol. The molecule has 0 amide bonds. The molecule has 0 atom stereocenters. The molecule has 0 heterocycles. The molecule has 0 spiro atoms. The second-order valence-electron chi connectivity index (χ2n) is 2.26. The number of hydrogen-bond acceptors (Lipinski definition) is 1. The maximum Gasteiger partial charge on any atom is 0.335 e. The fourth-order valence-electron chi connectivity index (χ4n) is 0.821. The van der Waals surface area contributed by atoms with Gasteiger partial charge in [-0.05, 0) is 6.07 Å². The average molecular weight is 166 g/mol. The average Bonchev–Trinajstić information content (AvgIpc) is 2.04. The number of rotatable bonds is 2. The first-order valence-electron chi connectivity index (χ1n) is 3.30. The van der Waals surface area contributed by atoms with Crippen LogP contribution >= 0.6 is 0 Å². The van der Waals surface area contributed by atoms with Gasteiger partial charge in [-0.3, -0.25) is 0 Å². The molecule has 1 aromatic rings. The number of halogens is 1. The fraction of sp³-hybridized carbons (Fsp3) is 0. The van der Waals surface area contributed by atoms with Crippen LogP contribution in [0.3, 0.4) is 0 Å². The number of carboxylic acid groups (broad SMARTS) is 1. The van der Waals surface area contributed by atoms with Crippen molar-refractivity contribution in [2.45, 2.75) is 0 Å². The molecule has 2 nitrogen and oxygen atoms in total. The number of aliphatic carboxylic acids is 1. The molecule has 3 heteroatoms. The number of carboxylic acids is 1. The van der Waals surface area contributed by atoms with E-state index in [0.29, 0.717) is 0 Å². The lowest BCUT2D eigenvalue weighted by Gasteiger charge is -2.00. The van der Waals surface area contributed by atoms with E-state index < -0.39 is 11.8 Å². The summed E-state index contributed by atoms with van der Waals surface area (Å²) in [5, 5.41) is 8.49. The van der Waals surface area contributed by atoms with Crippen molar-refractivity contribution in [3.05, 3.63) is 42.2 Å². The minimum Gasteiger partial charge on any atom is -0.478 e. The Morgan fingerprint density at radius 2 is 2.00 bits per heavy atom. The van der Waals surface area contributed by atoms with Crippen LogP contribution in [0.5, 0.6) is 0 Å². The van der Waals surface area contributed by atoms with Gasteiger partial charge in [0.2, 0.25) is 0 Å². The molecule has 0 aliphatic rings. The normalized spacial score (nSPS) is 9.42. The van der Waals surface area contributed by atoms with Gasteiger partial charge in [-0.25, -0.2) is 9.18 Å². The van der Waals surface area contributed by atoms with Gasteiger partial charge in [-0.2, -0.15) is 0 Å². The molecule has 0 aliphatic heterocycles. The van der Waals surface area contributed by atoms with Gasteiger partial charge < -0.3 is 5.11 Å². The second-order valence-corrected chi connectivity index (χ2v) is 2.26. The minimum atomic E-state index is -1.21. The third-order valence-corrected chi connectivity index (χ3v) is 1.46. The summed E-state index contributed by atoms with van der Waals surface area (Å²) < 4.78 is 12.9. The van der Waals surface area contributed by atoms with Crippen molar-refractivity contribution < 1.29 is 14.3 Å². The quantitative estimate of drug-likeness (QED) is 0.681. The Morgan fingerprint density at radius 1 is 1.42 bits per heavy atom. The molecular formula is C9H7FO2. The van der Waals surface area contributed by atoms with E-state index in [1.54, 1.807) is 6.07 Å². The molecule has 1 N–H and O–H groups in total. The molecule has 0 saturated heterocycles. The topological polar surface area (TPSA) is 37.3 Å². The van der Waals surface area contributed by atoms with Crippen molar-refractivity contribution in [2.24, 2.45) is 0 Å². The molecule has 0 saturated carbocycles. The molecule has 0 bridgehead atoms. The maximum atomic E-state index is 12.9. The van der Waals surface area contributed by atoms with Crippen LogP contribution in [0.4, 0.5) is 4.39 Å². The van der Waals surface area contributed by atoms with Crippen LogP contribution in [0.15, 0.2) is 30.8 Å². The summed E-state index contributed by atoms with van der Waals surface area (Å²) in [4.78, 5) is 10.4. The van der Waals surface area contributed by atoms with Crippen LogP contribution < -0.4 is 0 Å². The van der Waals surface area contributed by atoms with Gasteiger partial charge in [-0.15, -0.1) is 0 Å². The van der Waals surface area contributed by atoms with Crippen molar-refractivity contribution in [2.75, 3.05) is 0 Å². The van der Waals surface area contributed by atoms with E-state index in [1.165, 1.54) is 18.2 Å². The molecule has 0 unspecified atom stereocenters. The standard InChI is InChI=1S/C9H7FO2/c1-6(9(11)12)7-4-2-3-5-8(7)10/h2-5H,1H2,(H,11,12). The summed E-state index contributed by atoms with van der Waals surface area (Å²) in [5.74, 6) is -1.77. The Hall–Kier alpha value is -1.64. The first-order chi connectivity index (χ1) is 5.63. The molecule has 0 aliphatic carbocycles. The van der Waals surface area contributed by atoms with E-state index in [0.717, 1.165) is 0 Å². The van der Waals surface area contributed by atoms with Crippen molar-refractivity contribution in [3.63, 3.8) is 0 Å². The van der Waals surface area contributed by atoms with Crippen LogP contribution in [0, 0.1) is 5.82 Å². The highest BCUT2D eigenvalue weighted by molar-refractivity contribution is 6.14. The summed E-state index contributed by atoms with van der Waals surface area (Å²) in [5.41, 5.74) is -0.196. The van der Waals surface area contributed by atoms with Crippen molar-refractivity contribution in [1.82, 2.24) is 0 Å². The molecule has 0 aromatic heterocycles. The lowest BCUT2D eigenvalue weighted by molar-refractivity contribution is -0.130. The predicted octanol–water partition coefficient (Wildman–Crippen LogP) is 1.92. The van der Waals surface area contributed by atoms with Crippen molar-refractivity contribution >= 4 is 11.5 Å². The summed E-state index contributed by atoms with van der Waals surface area (Å²) in [7, 11) is 0. The van der Waals surface area contributed by atoms with Gasteiger partial charge in [0, 0.05) is 5.56 Å². The van der Waals surface area contributed by atoms with E-state index >= 15 is 0 Å². The van der Waals surface area contributed by atoms with Crippen LogP contribution in [-0.4, -0.2) is 11.1 Å². The number of hydrogen-bond donors (Lipinski definition) is 1. The summed E-state index contributed by atoms with van der Waals surface area (Å²) in [6.45, 7) is 3.25. The third kappa shape index (κ3) is 1.50. The zero-order chi connectivity index (χ0) is 9.14. The lowest BCUT2D eigenvalue weighted by atomic mass is 10.1. The van der Waals surface area contributed by atoms with E-state index in [4.69, 9.17) is 5.11 Å². The Balaban J connectivity index is 3.11. The van der Waals surface area contributed by atoms with Crippen molar-refractivity contribution in [3.8, 4) is 0 Å². The van der Waals surface area contributed by atoms with Gasteiger partial charge in [0.25, 0.3) is 0 Å². The molecule has 1 aromatic carbocycles. The first-order valence-corrected chi connectivity index (χ1v) is 3.30. The monoisotopic (exact) mass is 166 g/mol. The molecule has 0 fully saturated rings. The zero-order valence-corrected chi connectivity index (χ0v) is 6.25. The third-order valence-electron chi connectivity index (χ3n) is 1.46. The SMILES string of the molecule is C=C(C(=O)O)c1ccccc1F. The Kier molecular flexibility index (Phi) is 2.24. The lowest BCUT2D eigenvalue weighted by Crippen LogP contribution is -1.99. The van der Waals surface area contributed by atoms with E-state index in [2.05, 4.69) is 6.58 Å². The molecule has 1 rings (SSSR count). The molecular weight excluding hydrogens is 159 g/mol. The zero-order valence-electron chi connectivity index (χ0n) is 6.25. The Bertz CT molecular complexity index is 331. The Morgan fingerprint density at radius 3 is 2.50 bits per heavy atom. The van der Waals surface area contributed by atoms with Gasteiger partial charge >= 0.3 is 5.97 Å². The summed E-state index contributed by atoms with van der Waals surface area (Å²) >= 11 is 0. The maximum absolute atomic E-state index is 12.9. The minimum absolute atomic E-state index is 0.0324. The van der Waals surface area contributed by atoms with Gasteiger partial charge in [0.05, 0.1) is 5.57 Å². The van der Waals surface area contributed by atoms with Crippen LogP contribution in [0.1, 0.15) is 5.56 Å². The summed E-state index contributed by atoms with van der Waals surface area (Å²) in [6.07, 6.45) is 0. The number of carbonyl (C=O) groups is 1. The van der Waals surface area contributed by atoms with E-state index in [1.807, 2.05) is 0 Å². The molecule has 12 heavy (non-hydrogen) atoms. The van der Waals surface area contributed by atoms with Gasteiger partial charge in [0.1, 0.15) is 5.82 Å². The number of benzene rings is 1. The van der Waals surface area contributed by atoms with Crippen LogP contribution in [-0.2, 0) is 4.79 Å². The second kappa shape index (κ2) is 3.17. The van der Waals surface area contributed by atoms with Crippen LogP contribution in [0.2, 0.25) is 0 Å². The smallest absolute Gasteiger partial charge is 0.335 e. The highest BCUT2D eigenvalue weighted by atomic mass is 19.1. The first kappa shape index (κ1) is 8.46. The largest absolute Gasteiger partial charge is 0.478 e. The highest BCUT2D eigenvalue weighted by Gasteiger charge is 2.10.